The predicted octanol–water partition coefficient (Wildman–Crippen LogP) is 2.40. The molecule has 2 aromatic heterocycles. The van der Waals surface area contributed by atoms with E-state index in [9.17, 15) is 14.3 Å². The first kappa shape index (κ1) is 16.8. The van der Waals surface area contributed by atoms with E-state index in [2.05, 4.69) is 15.0 Å². The molecule has 1 saturated heterocycles. The number of aromatic nitrogens is 3. The SMILES string of the molecule is O=CN1CC(O)C(c2cnc3cncc(-c4ccc(Cl)c(F)c4)c3n2)C1. The summed E-state index contributed by atoms with van der Waals surface area (Å²) >= 11 is 5.76. The van der Waals surface area contributed by atoms with Crippen LogP contribution in [0.25, 0.3) is 22.2 Å². The first-order valence-corrected chi connectivity index (χ1v) is 8.38. The van der Waals surface area contributed by atoms with Crippen LogP contribution in [-0.4, -0.2) is 50.6 Å². The molecule has 0 spiro atoms. The monoisotopic (exact) mass is 372 g/mol. The molecule has 1 N–H and O–H groups in total. The van der Waals surface area contributed by atoms with Gasteiger partial charge in [-0.05, 0) is 17.7 Å². The van der Waals surface area contributed by atoms with Crippen molar-refractivity contribution in [2.24, 2.45) is 0 Å². The van der Waals surface area contributed by atoms with E-state index in [0.717, 1.165) is 0 Å². The highest BCUT2D eigenvalue weighted by Gasteiger charge is 2.33. The Balaban J connectivity index is 1.82. The Morgan fingerprint density at radius 2 is 2.12 bits per heavy atom. The molecule has 6 nitrogen and oxygen atoms in total. The third-order valence-corrected chi connectivity index (χ3v) is 4.86. The Kier molecular flexibility index (Phi) is 4.26. The summed E-state index contributed by atoms with van der Waals surface area (Å²) in [5, 5.41) is 10.3. The lowest BCUT2D eigenvalue weighted by atomic mass is 10.0. The van der Waals surface area contributed by atoms with E-state index in [-0.39, 0.29) is 17.5 Å². The predicted molar refractivity (Wildman–Crippen MR) is 94.1 cm³/mol. The minimum atomic E-state index is -0.704. The Bertz CT molecular complexity index is 1000. The number of hydrogen-bond acceptors (Lipinski definition) is 5. The first-order valence-electron chi connectivity index (χ1n) is 8.00. The number of β-amino-alcohol motifs (C(OH)–C–C–N with tert-alkyl or cyclic N) is 1. The summed E-state index contributed by atoms with van der Waals surface area (Å²) in [6.07, 6.45) is 4.75. The zero-order valence-corrected chi connectivity index (χ0v) is 14.3. The first-order chi connectivity index (χ1) is 12.6. The number of hydrogen-bond donors (Lipinski definition) is 1. The van der Waals surface area contributed by atoms with E-state index in [1.165, 1.54) is 17.0 Å². The van der Waals surface area contributed by atoms with Gasteiger partial charge in [-0.3, -0.25) is 14.8 Å². The third-order valence-electron chi connectivity index (χ3n) is 4.55. The zero-order valence-electron chi connectivity index (χ0n) is 13.5. The van der Waals surface area contributed by atoms with Crippen molar-refractivity contribution in [2.75, 3.05) is 13.1 Å². The Labute approximate surface area is 153 Å². The van der Waals surface area contributed by atoms with E-state index in [4.69, 9.17) is 11.6 Å². The van der Waals surface area contributed by atoms with Gasteiger partial charge in [0, 0.05) is 37.0 Å². The summed E-state index contributed by atoms with van der Waals surface area (Å²) in [7, 11) is 0. The highest BCUT2D eigenvalue weighted by Crippen LogP contribution is 2.31. The van der Waals surface area contributed by atoms with Gasteiger partial charge >= 0.3 is 0 Å². The molecule has 1 aromatic carbocycles. The standard InChI is InChI=1S/C18H14ClFN4O2/c19-13-2-1-10(3-14(13)20)11-4-21-5-16-18(11)23-15(6-22-16)12-7-24(9-25)8-17(12)26/h1-6,9,12,17,26H,7-8H2. The van der Waals surface area contributed by atoms with Gasteiger partial charge < -0.3 is 10.0 Å². The maximum Gasteiger partial charge on any atom is 0.209 e. The van der Waals surface area contributed by atoms with Crippen LogP contribution in [0, 0.1) is 5.82 Å². The van der Waals surface area contributed by atoms with Crippen molar-refractivity contribution in [1.82, 2.24) is 19.9 Å². The number of benzene rings is 1. The number of nitrogens with zero attached hydrogens (tertiary/aromatic N) is 4. The average Bonchev–Trinajstić information content (AvgIpc) is 3.04. The van der Waals surface area contributed by atoms with Crippen LogP contribution < -0.4 is 0 Å². The fourth-order valence-electron chi connectivity index (χ4n) is 3.19. The topological polar surface area (TPSA) is 79.2 Å². The molecule has 3 aromatic rings. The van der Waals surface area contributed by atoms with Crippen molar-refractivity contribution < 1.29 is 14.3 Å². The summed E-state index contributed by atoms with van der Waals surface area (Å²) in [5.41, 5.74) is 2.89. The minimum absolute atomic E-state index is 0.0387. The van der Waals surface area contributed by atoms with Crippen molar-refractivity contribution in [1.29, 1.82) is 0 Å². The molecule has 0 aliphatic carbocycles. The molecule has 8 heteroatoms. The summed E-state index contributed by atoms with van der Waals surface area (Å²) < 4.78 is 13.9. The highest BCUT2D eigenvalue weighted by atomic mass is 35.5. The van der Waals surface area contributed by atoms with Crippen LogP contribution in [-0.2, 0) is 4.79 Å². The minimum Gasteiger partial charge on any atom is -0.391 e. The van der Waals surface area contributed by atoms with E-state index >= 15 is 0 Å². The van der Waals surface area contributed by atoms with Crippen LogP contribution in [0.1, 0.15) is 11.6 Å². The van der Waals surface area contributed by atoms with Crippen molar-refractivity contribution in [3.63, 3.8) is 0 Å². The van der Waals surface area contributed by atoms with Gasteiger partial charge in [-0.1, -0.05) is 17.7 Å². The van der Waals surface area contributed by atoms with Crippen LogP contribution >= 0.6 is 11.6 Å². The molecule has 2 unspecified atom stereocenters. The largest absolute Gasteiger partial charge is 0.391 e. The molecule has 0 saturated carbocycles. The summed E-state index contributed by atoms with van der Waals surface area (Å²) in [6, 6.07) is 4.49. The van der Waals surface area contributed by atoms with Gasteiger partial charge in [-0.25, -0.2) is 9.37 Å². The molecule has 1 aliphatic heterocycles. The second-order valence-electron chi connectivity index (χ2n) is 6.21. The lowest BCUT2D eigenvalue weighted by Crippen LogP contribution is -2.19. The fraction of sp³-hybridized carbons (Fsp3) is 0.222. The molecule has 1 fully saturated rings. The summed E-state index contributed by atoms with van der Waals surface area (Å²) in [4.78, 5) is 25.6. The number of carbonyl (C=O) groups is 1. The maximum absolute atomic E-state index is 13.9. The van der Waals surface area contributed by atoms with Crippen molar-refractivity contribution in [2.45, 2.75) is 12.0 Å². The Hall–Kier alpha value is -2.64. The van der Waals surface area contributed by atoms with Gasteiger partial charge in [0.2, 0.25) is 6.41 Å². The molecule has 2 atom stereocenters. The quantitative estimate of drug-likeness (QED) is 0.714. The molecule has 1 amide bonds. The second kappa shape index (κ2) is 6.59. The molecule has 4 rings (SSSR count). The molecule has 26 heavy (non-hydrogen) atoms. The van der Waals surface area contributed by atoms with Crippen molar-refractivity contribution in [3.8, 4) is 11.1 Å². The van der Waals surface area contributed by atoms with E-state index in [1.54, 1.807) is 24.7 Å². The lowest BCUT2D eigenvalue weighted by molar-refractivity contribution is -0.117. The average molecular weight is 373 g/mol. The number of aliphatic hydroxyl groups is 1. The molecule has 0 bridgehead atoms. The molecule has 0 radical (unpaired) electrons. The third kappa shape index (κ3) is 2.89. The zero-order chi connectivity index (χ0) is 18.3. The normalized spacial score (nSPS) is 19.9. The lowest BCUT2D eigenvalue weighted by Gasteiger charge is -2.14. The van der Waals surface area contributed by atoms with Crippen LogP contribution in [0.3, 0.4) is 0 Å². The van der Waals surface area contributed by atoms with Crippen LogP contribution in [0.4, 0.5) is 4.39 Å². The summed E-state index contributed by atoms with van der Waals surface area (Å²) in [6.45, 7) is 0.639. The number of likely N-dealkylation sites (tertiary alicyclic amines) is 1. The van der Waals surface area contributed by atoms with Crippen molar-refractivity contribution in [3.05, 3.63) is 53.3 Å². The number of carbonyl (C=O) groups excluding carboxylic acids is 1. The fourth-order valence-corrected chi connectivity index (χ4v) is 3.31. The number of fused-ring (bicyclic) bond motifs is 1. The Morgan fingerprint density at radius 3 is 2.85 bits per heavy atom. The highest BCUT2D eigenvalue weighted by molar-refractivity contribution is 6.30. The van der Waals surface area contributed by atoms with E-state index < -0.39 is 11.9 Å². The molecular weight excluding hydrogens is 359 g/mol. The molecular formula is C18H14ClFN4O2. The van der Waals surface area contributed by atoms with Gasteiger partial charge in [0.05, 0.1) is 28.5 Å². The van der Waals surface area contributed by atoms with E-state index in [1.807, 2.05) is 0 Å². The van der Waals surface area contributed by atoms with Gasteiger partial charge in [-0.2, -0.15) is 0 Å². The van der Waals surface area contributed by atoms with E-state index in [0.29, 0.717) is 40.8 Å². The van der Waals surface area contributed by atoms with Gasteiger partial charge in [0.15, 0.2) is 0 Å². The van der Waals surface area contributed by atoms with Crippen LogP contribution in [0.15, 0.2) is 36.8 Å². The molecule has 3 heterocycles. The Morgan fingerprint density at radius 1 is 1.27 bits per heavy atom. The van der Waals surface area contributed by atoms with Gasteiger partial charge in [-0.15, -0.1) is 0 Å². The van der Waals surface area contributed by atoms with Crippen LogP contribution in [0.5, 0.6) is 0 Å². The molecule has 132 valence electrons. The number of aliphatic hydroxyl groups excluding tert-OH is 1. The smallest absolute Gasteiger partial charge is 0.209 e. The number of rotatable bonds is 3. The van der Waals surface area contributed by atoms with Gasteiger partial charge in [0.25, 0.3) is 0 Å². The maximum atomic E-state index is 13.9. The molecule has 1 aliphatic rings. The number of halogens is 2. The van der Waals surface area contributed by atoms with Gasteiger partial charge in [0.1, 0.15) is 11.3 Å². The summed E-state index contributed by atoms with van der Waals surface area (Å²) in [5.74, 6) is -0.849. The second-order valence-corrected chi connectivity index (χ2v) is 6.62. The number of pyridine rings is 1. The van der Waals surface area contributed by atoms with Crippen LogP contribution in [0.2, 0.25) is 5.02 Å². The number of amides is 1. The van der Waals surface area contributed by atoms with Crippen molar-refractivity contribution >= 4 is 29.0 Å².